The van der Waals surface area contributed by atoms with Crippen LogP contribution in [0.3, 0.4) is 0 Å². The van der Waals surface area contributed by atoms with E-state index in [-0.39, 0.29) is 0 Å². The molecule has 0 fully saturated rings. The lowest BCUT2D eigenvalue weighted by Crippen LogP contribution is -2.10. The first-order valence-electron chi connectivity index (χ1n) is 4.56. The predicted octanol–water partition coefficient (Wildman–Crippen LogP) is 2.46. The first-order valence-corrected chi connectivity index (χ1v) is 5.35. The summed E-state index contributed by atoms with van der Waals surface area (Å²) in [5.74, 6) is -0.685. The summed E-state index contributed by atoms with van der Waals surface area (Å²) in [6.07, 6.45) is 1.59. The van der Waals surface area contributed by atoms with E-state index < -0.39 is 12.6 Å². The number of pyridine rings is 1. The van der Waals surface area contributed by atoms with Crippen molar-refractivity contribution in [3.8, 4) is 5.88 Å². The van der Waals surface area contributed by atoms with Gasteiger partial charge in [-0.1, -0.05) is 22.0 Å². The second-order valence-corrected chi connectivity index (χ2v) is 3.99. The van der Waals surface area contributed by atoms with Gasteiger partial charge in [0.15, 0.2) is 6.61 Å². The molecule has 82 valence electrons. The van der Waals surface area contributed by atoms with Gasteiger partial charge in [0.1, 0.15) is 0 Å². The molecule has 0 unspecified atom stereocenters. The van der Waals surface area contributed by atoms with Crippen molar-refractivity contribution in [3.05, 3.63) is 34.9 Å². The molecular formula is C11H8BrNO3. The van der Waals surface area contributed by atoms with Gasteiger partial charge in [-0.3, -0.25) is 0 Å². The number of carboxylic acid groups (broad SMARTS) is 1. The third-order valence-electron chi connectivity index (χ3n) is 2.05. The Bertz CT molecular complexity index is 542. The van der Waals surface area contributed by atoms with Gasteiger partial charge in [-0.05, 0) is 18.2 Å². The maximum atomic E-state index is 10.4. The van der Waals surface area contributed by atoms with Crippen molar-refractivity contribution in [2.45, 2.75) is 0 Å². The normalized spacial score (nSPS) is 10.3. The topological polar surface area (TPSA) is 59.4 Å². The predicted molar refractivity (Wildman–Crippen MR) is 62.6 cm³/mol. The van der Waals surface area contributed by atoms with Gasteiger partial charge in [0.25, 0.3) is 0 Å². The SMILES string of the molecule is O=C(O)COc1nccc2c(Br)cccc12. The molecule has 16 heavy (non-hydrogen) atoms. The number of carboxylic acids is 1. The highest BCUT2D eigenvalue weighted by molar-refractivity contribution is 9.10. The maximum absolute atomic E-state index is 10.4. The van der Waals surface area contributed by atoms with Crippen LogP contribution in [0.1, 0.15) is 0 Å². The Balaban J connectivity index is 2.45. The van der Waals surface area contributed by atoms with Crippen molar-refractivity contribution in [1.82, 2.24) is 4.98 Å². The molecule has 0 amide bonds. The summed E-state index contributed by atoms with van der Waals surface area (Å²) in [6, 6.07) is 7.43. The fourth-order valence-electron chi connectivity index (χ4n) is 1.39. The number of nitrogens with zero attached hydrogens (tertiary/aromatic N) is 1. The van der Waals surface area contributed by atoms with E-state index in [1.165, 1.54) is 0 Å². The van der Waals surface area contributed by atoms with Crippen molar-refractivity contribution in [3.63, 3.8) is 0 Å². The smallest absolute Gasteiger partial charge is 0.341 e. The van der Waals surface area contributed by atoms with Crippen LogP contribution >= 0.6 is 15.9 Å². The molecule has 0 saturated heterocycles. The molecule has 0 aliphatic rings. The van der Waals surface area contributed by atoms with Crippen molar-refractivity contribution < 1.29 is 14.6 Å². The van der Waals surface area contributed by atoms with Crippen LogP contribution in [0.15, 0.2) is 34.9 Å². The van der Waals surface area contributed by atoms with Gasteiger partial charge in [0, 0.05) is 21.4 Å². The number of fused-ring (bicyclic) bond motifs is 1. The first-order chi connectivity index (χ1) is 7.68. The molecule has 0 saturated carbocycles. The highest BCUT2D eigenvalue weighted by atomic mass is 79.9. The van der Waals surface area contributed by atoms with E-state index in [4.69, 9.17) is 9.84 Å². The minimum Gasteiger partial charge on any atom is -0.479 e. The molecule has 0 radical (unpaired) electrons. The van der Waals surface area contributed by atoms with Gasteiger partial charge in [-0.25, -0.2) is 9.78 Å². The second kappa shape index (κ2) is 4.49. The van der Waals surface area contributed by atoms with Crippen LogP contribution in [0.5, 0.6) is 5.88 Å². The standard InChI is InChI=1S/C11H8BrNO3/c12-9-3-1-2-8-7(9)4-5-13-11(8)16-6-10(14)15/h1-5H,6H2,(H,14,15). The molecule has 2 aromatic rings. The number of aromatic nitrogens is 1. The quantitative estimate of drug-likeness (QED) is 0.939. The highest BCUT2D eigenvalue weighted by Gasteiger charge is 2.07. The summed E-state index contributed by atoms with van der Waals surface area (Å²) < 4.78 is 6.03. The fraction of sp³-hybridized carbons (Fsp3) is 0.0909. The van der Waals surface area contributed by atoms with Crippen LogP contribution in [0.2, 0.25) is 0 Å². The molecule has 4 nitrogen and oxygen atoms in total. The molecule has 1 heterocycles. The molecule has 1 N–H and O–H groups in total. The number of ether oxygens (including phenoxy) is 1. The van der Waals surface area contributed by atoms with E-state index in [1.54, 1.807) is 6.20 Å². The minimum absolute atomic E-state index is 0.334. The van der Waals surface area contributed by atoms with E-state index in [9.17, 15) is 4.79 Å². The summed E-state index contributed by atoms with van der Waals surface area (Å²) in [5, 5.41) is 10.3. The summed E-state index contributed by atoms with van der Waals surface area (Å²) in [4.78, 5) is 14.4. The molecule has 5 heteroatoms. The van der Waals surface area contributed by atoms with E-state index in [0.29, 0.717) is 5.88 Å². The Morgan fingerprint density at radius 1 is 1.38 bits per heavy atom. The molecular weight excluding hydrogens is 274 g/mol. The fourth-order valence-corrected chi connectivity index (χ4v) is 1.89. The number of benzene rings is 1. The van der Waals surface area contributed by atoms with E-state index in [0.717, 1.165) is 15.2 Å². The van der Waals surface area contributed by atoms with Crippen molar-refractivity contribution >= 4 is 32.7 Å². The van der Waals surface area contributed by atoms with Crippen molar-refractivity contribution in [2.24, 2.45) is 0 Å². The Hall–Kier alpha value is -1.62. The molecule has 0 spiro atoms. The molecule has 0 aliphatic carbocycles. The van der Waals surface area contributed by atoms with Crippen LogP contribution in [-0.2, 0) is 4.79 Å². The number of aliphatic carboxylic acids is 1. The number of hydrogen-bond donors (Lipinski definition) is 1. The molecule has 1 aromatic heterocycles. The van der Waals surface area contributed by atoms with E-state index in [1.807, 2.05) is 24.3 Å². The number of carbonyl (C=O) groups is 1. The Morgan fingerprint density at radius 3 is 2.94 bits per heavy atom. The van der Waals surface area contributed by atoms with Gasteiger partial charge in [0.05, 0.1) is 0 Å². The number of hydrogen-bond acceptors (Lipinski definition) is 3. The van der Waals surface area contributed by atoms with Gasteiger partial charge < -0.3 is 9.84 Å². The lowest BCUT2D eigenvalue weighted by atomic mass is 10.2. The zero-order valence-electron chi connectivity index (χ0n) is 8.18. The maximum Gasteiger partial charge on any atom is 0.341 e. The second-order valence-electron chi connectivity index (χ2n) is 3.13. The summed E-state index contributed by atoms with van der Waals surface area (Å²) in [7, 11) is 0. The molecule has 0 atom stereocenters. The molecule has 1 aromatic carbocycles. The van der Waals surface area contributed by atoms with Crippen molar-refractivity contribution in [2.75, 3.05) is 6.61 Å². The van der Waals surface area contributed by atoms with Gasteiger partial charge >= 0.3 is 5.97 Å². The number of halogens is 1. The largest absolute Gasteiger partial charge is 0.479 e. The van der Waals surface area contributed by atoms with Crippen LogP contribution in [0.4, 0.5) is 0 Å². The van der Waals surface area contributed by atoms with Crippen LogP contribution in [0.25, 0.3) is 10.8 Å². The third-order valence-corrected chi connectivity index (χ3v) is 2.74. The van der Waals surface area contributed by atoms with Crippen LogP contribution < -0.4 is 4.74 Å². The monoisotopic (exact) mass is 281 g/mol. The van der Waals surface area contributed by atoms with Gasteiger partial charge in [0.2, 0.25) is 5.88 Å². The van der Waals surface area contributed by atoms with Gasteiger partial charge in [-0.15, -0.1) is 0 Å². The zero-order chi connectivity index (χ0) is 11.5. The Kier molecular flexibility index (Phi) is 3.05. The number of rotatable bonds is 3. The average Bonchev–Trinajstić information content (AvgIpc) is 2.27. The Labute approximate surface area is 100.0 Å². The average molecular weight is 282 g/mol. The van der Waals surface area contributed by atoms with Crippen LogP contribution in [0, 0.1) is 0 Å². The molecule has 0 bridgehead atoms. The van der Waals surface area contributed by atoms with Gasteiger partial charge in [-0.2, -0.15) is 0 Å². The Morgan fingerprint density at radius 2 is 2.19 bits per heavy atom. The summed E-state index contributed by atoms with van der Waals surface area (Å²) in [6.45, 7) is -0.390. The lowest BCUT2D eigenvalue weighted by Gasteiger charge is -2.06. The molecule has 2 rings (SSSR count). The summed E-state index contributed by atoms with van der Waals surface area (Å²) >= 11 is 3.41. The van der Waals surface area contributed by atoms with Crippen LogP contribution in [-0.4, -0.2) is 22.7 Å². The zero-order valence-corrected chi connectivity index (χ0v) is 9.77. The molecule has 0 aliphatic heterocycles. The first kappa shape index (κ1) is 10.9. The lowest BCUT2D eigenvalue weighted by molar-refractivity contribution is -0.139. The van der Waals surface area contributed by atoms with E-state index >= 15 is 0 Å². The highest BCUT2D eigenvalue weighted by Crippen LogP contribution is 2.28. The minimum atomic E-state index is -1.02. The van der Waals surface area contributed by atoms with Crippen molar-refractivity contribution in [1.29, 1.82) is 0 Å². The third kappa shape index (κ3) is 2.14. The summed E-state index contributed by atoms with van der Waals surface area (Å²) in [5.41, 5.74) is 0. The van der Waals surface area contributed by atoms with E-state index in [2.05, 4.69) is 20.9 Å².